The summed E-state index contributed by atoms with van der Waals surface area (Å²) in [6, 6.07) is 5.88. The van der Waals surface area contributed by atoms with Gasteiger partial charge in [-0.1, -0.05) is 32.4 Å². The highest BCUT2D eigenvalue weighted by molar-refractivity contribution is 5.95. The molecular formula is C16H21FN2O2. The average molecular weight is 292 g/mol. The lowest BCUT2D eigenvalue weighted by Crippen LogP contribution is -2.60. The van der Waals surface area contributed by atoms with Crippen molar-refractivity contribution < 1.29 is 14.0 Å². The summed E-state index contributed by atoms with van der Waals surface area (Å²) in [4.78, 5) is 25.7. The maximum Gasteiger partial charge on any atom is 0.245 e. The zero-order valence-corrected chi connectivity index (χ0v) is 12.4. The molecule has 2 unspecified atom stereocenters. The van der Waals surface area contributed by atoms with Crippen LogP contribution in [-0.2, 0) is 16.0 Å². The fraction of sp³-hybridized carbons (Fsp3) is 0.500. The van der Waals surface area contributed by atoms with Crippen LogP contribution in [0, 0.1) is 11.7 Å². The topological polar surface area (TPSA) is 49.4 Å². The number of benzene rings is 1. The molecule has 1 aromatic rings. The van der Waals surface area contributed by atoms with E-state index >= 15 is 0 Å². The van der Waals surface area contributed by atoms with E-state index in [-0.39, 0.29) is 30.1 Å². The van der Waals surface area contributed by atoms with E-state index in [0.717, 1.165) is 12.0 Å². The molecule has 0 spiro atoms. The number of nitrogens with zero attached hydrogens (tertiary/aromatic N) is 1. The minimum atomic E-state index is -0.441. The summed E-state index contributed by atoms with van der Waals surface area (Å²) < 4.78 is 13.1. The molecule has 0 saturated carbocycles. The summed E-state index contributed by atoms with van der Waals surface area (Å²) in [7, 11) is 0. The van der Waals surface area contributed by atoms with Crippen molar-refractivity contribution in [3.05, 3.63) is 35.6 Å². The zero-order valence-electron chi connectivity index (χ0n) is 12.4. The zero-order chi connectivity index (χ0) is 15.4. The van der Waals surface area contributed by atoms with Crippen molar-refractivity contribution in [2.75, 3.05) is 13.1 Å². The van der Waals surface area contributed by atoms with E-state index < -0.39 is 6.04 Å². The molecule has 4 nitrogen and oxygen atoms in total. The predicted octanol–water partition coefficient (Wildman–Crippen LogP) is 1.74. The van der Waals surface area contributed by atoms with Crippen LogP contribution in [0.15, 0.2) is 24.3 Å². The van der Waals surface area contributed by atoms with Crippen molar-refractivity contribution in [3.8, 4) is 0 Å². The fourth-order valence-electron chi connectivity index (χ4n) is 2.50. The Labute approximate surface area is 124 Å². The first-order valence-corrected chi connectivity index (χ1v) is 7.34. The molecule has 2 amide bonds. The standard InChI is InChI=1S/C16H21FN2O2/c1-3-11(2)15-16(21)19(10-14(20)18-15)8-7-12-5-4-6-13(17)9-12/h4-6,9,11,15H,3,7-8,10H2,1-2H3,(H,18,20). The lowest BCUT2D eigenvalue weighted by Gasteiger charge is -2.35. The van der Waals surface area contributed by atoms with E-state index in [9.17, 15) is 14.0 Å². The summed E-state index contributed by atoms with van der Waals surface area (Å²) in [5, 5.41) is 2.76. The van der Waals surface area contributed by atoms with E-state index in [2.05, 4.69) is 5.32 Å². The van der Waals surface area contributed by atoms with E-state index in [1.165, 1.54) is 12.1 Å². The third-order valence-electron chi connectivity index (χ3n) is 4.00. The van der Waals surface area contributed by atoms with E-state index in [4.69, 9.17) is 0 Å². The van der Waals surface area contributed by atoms with Gasteiger partial charge in [0.05, 0.1) is 6.54 Å². The molecule has 1 fully saturated rings. The number of carbonyl (C=O) groups excluding carboxylic acids is 2. The van der Waals surface area contributed by atoms with Crippen LogP contribution >= 0.6 is 0 Å². The van der Waals surface area contributed by atoms with Crippen molar-refractivity contribution in [2.45, 2.75) is 32.7 Å². The van der Waals surface area contributed by atoms with Crippen LogP contribution in [-0.4, -0.2) is 35.8 Å². The van der Waals surface area contributed by atoms with Crippen LogP contribution in [0.25, 0.3) is 0 Å². The summed E-state index contributed by atoms with van der Waals surface area (Å²) >= 11 is 0. The van der Waals surface area contributed by atoms with Crippen LogP contribution in [0.4, 0.5) is 4.39 Å². The lowest BCUT2D eigenvalue weighted by molar-refractivity contribution is -0.145. The molecule has 2 rings (SSSR count). The molecule has 0 aromatic heterocycles. The summed E-state index contributed by atoms with van der Waals surface area (Å²) in [5.41, 5.74) is 0.828. The molecule has 1 saturated heterocycles. The Morgan fingerprint density at radius 1 is 1.43 bits per heavy atom. The smallest absolute Gasteiger partial charge is 0.245 e. The number of amides is 2. The lowest BCUT2D eigenvalue weighted by atomic mass is 9.96. The Kier molecular flexibility index (Phi) is 4.94. The fourth-order valence-corrected chi connectivity index (χ4v) is 2.50. The van der Waals surface area contributed by atoms with Gasteiger partial charge in [0.15, 0.2) is 0 Å². The highest BCUT2D eigenvalue weighted by Crippen LogP contribution is 2.15. The Balaban J connectivity index is 2.01. The first kappa shape index (κ1) is 15.5. The number of rotatable bonds is 5. The van der Waals surface area contributed by atoms with Gasteiger partial charge in [-0.2, -0.15) is 0 Å². The molecule has 2 atom stereocenters. The normalized spacial score (nSPS) is 20.3. The second-order valence-corrected chi connectivity index (χ2v) is 5.57. The van der Waals surface area contributed by atoms with E-state index in [0.29, 0.717) is 13.0 Å². The van der Waals surface area contributed by atoms with Crippen LogP contribution < -0.4 is 5.32 Å². The number of hydrogen-bond acceptors (Lipinski definition) is 2. The highest BCUT2D eigenvalue weighted by Gasteiger charge is 2.34. The molecule has 1 heterocycles. The number of halogens is 1. The quantitative estimate of drug-likeness (QED) is 0.898. The first-order valence-electron chi connectivity index (χ1n) is 7.34. The van der Waals surface area contributed by atoms with Crippen molar-refractivity contribution in [2.24, 2.45) is 5.92 Å². The first-order chi connectivity index (χ1) is 10.0. The third-order valence-corrected chi connectivity index (χ3v) is 4.00. The maximum absolute atomic E-state index is 13.1. The molecule has 5 heteroatoms. The molecule has 1 N–H and O–H groups in total. The third kappa shape index (κ3) is 3.80. The van der Waals surface area contributed by atoms with Crippen molar-refractivity contribution in [1.29, 1.82) is 0 Å². The monoisotopic (exact) mass is 292 g/mol. The SMILES string of the molecule is CCC(C)C1NC(=O)CN(CCc2cccc(F)c2)C1=O. The molecule has 0 radical (unpaired) electrons. The molecular weight excluding hydrogens is 271 g/mol. The summed E-state index contributed by atoms with van der Waals surface area (Å²) in [6.07, 6.45) is 1.37. The highest BCUT2D eigenvalue weighted by atomic mass is 19.1. The van der Waals surface area contributed by atoms with Gasteiger partial charge in [0.2, 0.25) is 11.8 Å². The van der Waals surface area contributed by atoms with E-state index in [1.54, 1.807) is 11.0 Å². The number of nitrogens with one attached hydrogen (secondary N) is 1. The van der Waals surface area contributed by atoms with Crippen LogP contribution in [0.2, 0.25) is 0 Å². The van der Waals surface area contributed by atoms with Gasteiger partial charge in [0.25, 0.3) is 0 Å². The Morgan fingerprint density at radius 3 is 2.86 bits per heavy atom. The van der Waals surface area contributed by atoms with Crippen LogP contribution in [0.3, 0.4) is 0 Å². The maximum atomic E-state index is 13.1. The second kappa shape index (κ2) is 6.70. The number of piperazine rings is 1. The minimum absolute atomic E-state index is 0.0413. The van der Waals surface area contributed by atoms with Crippen LogP contribution in [0.5, 0.6) is 0 Å². The molecule has 1 aliphatic heterocycles. The Hall–Kier alpha value is -1.91. The van der Waals surface area contributed by atoms with E-state index in [1.807, 2.05) is 19.9 Å². The second-order valence-electron chi connectivity index (χ2n) is 5.57. The van der Waals surface area contributed by atoms with Crippen molar-refractivity contribution in [1.82, 2.24) is 10.2 Å². The molecule has 114 valence electrons. The molecule has 1 aromatic carbocycles. The van der Waals surface area contributed by atoms with Gasteiger partial charge in [-0.25, -0.2) is 4.39 Å². The van der Waals surface area contributed by atoms with Gasteiger partial charge in [-0.05, 0) is 30.0 Å². The minimum Gasteiger partial charge on any atom is -0.342 e. The van der Waals surface area contributed by atoms with Gasteiger partial charge in [-0.3, -0.25) is 9.59 Å². The molecule has 0 bridgehead atoms. The average Bonchev–Trinajstić information content (AvgIpc) is 2.47. The largest absolute Gasteiger partial charge is 0.342 e. The van der Waals surface area contributed by atoms with Gasteiger partial charge in [0.1, 0.15) is 11.9 Å². The number of carbonyl (C=O) groups is 2. The molecule has 21 heavy (non-hydrogen) atoms. The van der Waals surface area contributed by atoms with Crippen LogP contribution in [0.1, 0.15) is 25.8 Å². The van der Waals surface area contributed by atoms with Gasteiger partial charge >= 0.3 is 0 Å². The summed E-state index contributed by atoms with van der Waals surface area (Å²) in [6.45, 7) is 4.47. The van der Waals surface area contributed by atoms with Gasteiger partial charge < -0.3 is 10.2 Å². The predicted molar refractivity (Wildman–Crippen MR) is 78.1 cm³/mol. The van der Waals surface area contributed by atoms with Crippen molar-refractivity contribution in [3.63, 3.8) is 0 Å². The summed E-state index contributed by atoms with van der Waals surface area (Å²) in [5.74, 6) is -0.342. The van der Waals surface area contributed by atoms with Crippen molar-refractivity contribution >= 4 is 11.8 Å². The Bertz CT molecular complexity index is 533. The Morgan fingerprint density at radius 2 is 2.19 bits per heavy atom. The molecule has 0 aliphatic carbocycles. The number of hydrogen-bond donors (Lipinski definition) is 1. The molecule has 1 aliphatic rings. The van der Waals surface area contributed by atoms with Gasteiger partial charge in [0, 0.05) is 6.54 Å². The van der Waals surface area contributed by atoms with Gasteiger partial charge in [-0.15, -0.1) is 0 Å².